The highest BCUT2D eigenvalue weighted by Crippen LogP contribution is 2.16. The molecule has 0 atom stereocenters. The van der Waals surface area contributed by atoms with Gasteiger partial charge in [0.05, 0.1) is 6.20 Å². The molecule has 18 heavy (non-hydrogen) atoms. The first-order valence-electron chi connectivity index (χ1n) is 6.01. The summed E-state index contributed by atoms with van der Waals surface area (Å²) in [6.45, 7) is 4.43. The van der Waals surface area contributed by atoms with E-state index in [1.54, 1.807) is 0 Å². The summed E-state index contributed by atoms with van der Waals surface area (Å²) in [7, 11) is 4.03. The molecule has 1 aromatic heterocycles. The number of anilines is 1. The summed E-state index contributed by atoms with van der Waals surface area (Å²) in [5.74, 6) is -0.516. The van der Waals surface area contributed by atoms with Crippen molar-refractivity contribution in [3.05, 3.63) is 17.8 Å². The lowest BCUT2D eigenvalue weighted by atomic mass is 10.2. The fourth-order valence-electron chi connectivity index (χ4n) is 1.72. The average Bonchev–Trinajstić information content (AvgIpc) is 2.34. The van der Waals surface area contributed by atoms with E-state index in [-0.39, 0.29) is 5.56 Å². The maximum atomic E-state index is 11.1. The van der Waals surface area contributed by atoms with Crippen LogP contribution in [0.5, 0.6) is 0 Å². The predicted molar refractivity (Wildman–Crippen MR) is 70.0 cm³/mol. The van der Waals surface area contributed by atoms with Crippen LogP contribution in [0.25, 0.3) is 0 Å². The van der Waals surface area contributed by atoms with Crippen molar-refractivity contribution in [2.24, 2.45) is 0 Å². The zero-order valence-corrected chi connectivity index (χ0v) is 11.1. The second-order valence-electron chi connectivity index (χ2n) is 4.31. The van der Waals surface area contributed by atoms with E-state index in [0.717, 1.165) is 19.5 Å². The van der Waals surface area contributed by atoms with E-state index in [0.29, 0.717) is 12.4 Å². The van der Waals surface area contributed by atoms with Gasteiger partial charge in [0, 0.05) is 13.1 Å². The van der Waals surface area contributed by atoms with Crippen LogP contribution in [0.15, 0.2) is 12.3 Å². The number of hydrogen-bond donors (Lipinski definition) is 1. The van der Waals surface area contributed by atoms with E-state index >= 15 is 0 Å². The third kappa shape index (κ3) is 3.96. The molecule has 0 amide bonds. The van der Waals surface area contributed by atoms with Crippen molar-refractivity contribution in [1.29, 1.82) is 0 Å². The SMILES string of the molecule is CCN(CCCN(C)C)c1nnccc1C(=O)O. The zero-order valence-electron chi connectivity index (χ0n) is 11.1. The Bertz CT molecular complexity index is 395. The number of carboxylic acid groups (broad SMARTS) is 1. The van der Waals surface area contributed by atoms with Gasteiger partial charge in [0.25, 0.3) is 0 Å². The summed E-state index contributed by atoms with van der Waals surface area (Å²) in [6, 6.07) is 1.49. The Morgan fingerprint density at radius 2 is 2.11 bits per heavy atom. The Kier molecular flexibility index (Phi) is 5.51. The summed E-state index contributed by atoms with van der Waals surface area (Å²) < 4.78 is 0. The van der Waals surface area contributed by atoms with Crippen LogP contribution in [-0.4, -0.2) is 59.9 Å². The third-order valence-electron chi connectivity index (χ3n) is 2.65. The molecule has 0 radical (unpaired) electrons. The van der Waals surface area contributed by atoms with Crippen molar-refractivity contribution < 1.29 is 9.90 Å². The lowest BCUT2D eigenvalue weighted by molar-refractivity contribution is 0.0697. The molecule has 0 bridgehead atoms. The van der Waals surface area contributed by atoms with E-state index in [1.807, 2.05) is 25.9 Å². The molecule has 6 nitrogen and oxygen atoms in total. The molecule has 0 saturated carbocycles. The first kappa shape index (κ1) is 14.4. The second-order valence-corrected chi connectivity index (χ2v) is 4.31. The lowest BCUT2D eigenvalue weighted by Gasteiger charge is -2.23. The third-order valence-corrected chi connectivity index (χ3v) is 2.65. The molecule has 100 valence electrons. The fourth-order valence-corrected chi connectivity index (χ4v) is 1.72. The second kappa shape index (κ2) is 6.90. The van der Waals surface area contributed by atoms with E-state index in [4.69, 9.17) is 5.11 Å². The number of carbonyl (C=O) groups is 1. The van der Waals surface area contributed by atoms with Crippen molar-refractivity contribution in [2.75, 3.05) is 38.6 Å². The first-order valence-corrected chi connectivity index (χ1v) is 6.01. The molecule has 0 saturated heterocycles. The molecule has 0 spiro atoms. The highest BCUT2D eigenvalue weighted by Gasteiger charge is 2.16. The highest BCUT2D eigenvalue weighted by molar-refractivity contribution is 5.93. The minimum atomic E-state index is -0.967. The number of hydrogen-bond acceptors (Lipinski definition) is 5. The van der Waals surface area contributed by atoms with Gasteiger partial charge in [-0.15, -0.1) is 5.10 Å². The summed E-state index contributed by atoms with van der Waals surface area (Å²) >= 11 is 0. The molecule has 0 aliphatic heterocycles. The molecule has 6 heteroatoms. The summed E-state index contributed by atoms with van der Waals surface area (Å²) in [4.78, 5) is 15.2. The van der Waals surface area contributed by atoms with Gasteiger partial charge in [0.1, 0.15) is 5.56 Å². The molecule has 0 aliphatic rings. The van der Waals surface area contributed by atoms with Gasteiger partial charge < -0.3 is 14.9 Å². The average molecular weight is 252 g/mol. The first-order chi connectivity index (χ1) is 8.56. The van der Waals surface area contributed by atoms with Gasteiger partial charge >= 0.3 is 5.97 Å². The Balaban J connectivity index is 2.78. The number of carboxylic acids is 1. The van der Waals surface area contributed by atoms with E-state index in [2.05, 4.69) is 15.1 Å². The maximum Gasteiger partial charge on any atom is 0.339 e. The van der Waals surface area contributed by atoms with Crippen molar-refractivity contribution in [1.82, 2.24) is 15.1 Å². The van der Waals surface area contributed by atoms with Crippen molar-refractivity contribution in [2.45, 2.75) is 13.3 Å². The monoisotopic (exact) mass is 252 g/mol. The van der Waals surface area contributed by atoms with Gasteiger partial charge in [-0.3, -0.25) is 0 Å². The molecule has 0 unspecified atom stereocenters. The van der Waals surface area contributed by atoms with Gasteiger partial charge in [0.2, 0.25) is 0 Å². The fraction of sp³-hybridized carbons (Fsp3) is 0.583. The lowest BCUT2D eigenvalue weighted by Crippen LogP contribution is -2.29. The van der Waals surface area contributed by atoms with E-state index < -0.39 is 5.97 Å². The van der Waals surface area contributed by atoms with Crippen LogP contribution in [0, 0.1) is 0 Å². The summed E-state index contributed by atoms with van der Waals surface area (Å²) in [5.41, 5.74) is 0.205. The van der Waals surface area contributed by atoms with Crippen LogP contribution < -0.4 is 4.90 Å². The summed E-state index contributed by atoms with van der Waals surface area (Å²) in [6.07, 6.45) is 2.36. The summed E-state index contributed by atoms with van der Waals surface area (Å²) in [5, 5.41) is 16.8. The quantitative estimate of drug-likeness (QED) is 0.779. The molecule has 1 N–H and O–H groups in total. The Labute approximate surface area is 107 Å². The predicted octanol–water partition coefficient (Wildman–Crippen LogP) is 0.953. The molecule has 1 heterocycles. The minimum absolute atomic E-state index is 0.205. The molecular weight excluding hydrogens is 232 g/mol. The standard InChI is InChI=1S/C12H20N4O2/c1-4-16(9-5-8-15(2)3)11-10(12(17)18)6-7-13-14-11/h6-7H,4-5,8-9H2,1-3H3,(H,17,18). The van der Waals surface area contributed by atoms with Crippen molar-refractivity contribution in [3.63, 3.8) is 0 Å². The van der Waals surface area contributed by atoms with Gasteiger partial charge in [-0.25, -0.2) is 4.79 Å². The van der Waals surface area contributed by atoms with Crippen LogP contribution in [0.1, 0.15) is 23.7 Å². The van der Waals surface area contributed by atoms with Gasteiger partial charge in [0.15, 0.2) is 5.82 Å². The molecule has 1 aromatic rings. The van der Waals surface area contributed by atoms with Crippen LogP contribution >= 0.6 is 0 Å². The Morgan fingerprint density at radius 1 is 1.39 bits per heavy atom. The smallest absolute Gasteiger partial charge is 0.339 e. The van der Waals surface area contributed by atoms with Gasteiger partial charge in [-0.05, 0) is 40.1 Å². The van der Waals surface area contributed by atoms with Crippen molar-refractivity contribution in [3.8, 4) is 0 Å². The molecular formula is C12H20N4O2. The minimum Gasteiger partial charge on any atom is -0.478 e. The number of rotatable bonds is 7. The topological polar surface area (TPSA) is 69.6 Å². The molecule has 0 fully saturated rings. The normalized spacial score (nSPS) is 10.7. The number of aromatic nitrogens is 2. The zero-order chi connectivity index (χ0) is 13.5. The van der Waals surface area contributed by atoms with Crippen LogP contribution in [0.4, 0.5) is 5.82 Å². The molecule has 0 aliphatic carbocycles. The molecule has 1 rings (SSSR count). The van der Waals surface area contributed by atoms with Crippen molar-refractivity contribution >= 4 is 11.8 Å². The van der Waals surface area contributed by atoms with Gasteiger partial charge in [-0.2, -0.15) is 5.10 Å². The number of nitrogens with zero attached hydrogens (tertiary/aromatic N) is 4. The van der Waals surface area contributed by atoms with Crippen LogP contribution in [0.2, 0.25) is 0 Å². The van der Waals surface area contributed by atoms with Crippen LogP contribution in [-0.2, 0) is 0 Å². The largest absolute Gasteiger partial charge is 0.478 e. The van der Waals surface area contributed by atoms with E-state index in [1.165, 1.54) is 12.3 Å². The molecule has 0 aromatic carbocycles. The Hall–Kier alpha value is -1.69. The van der Waals surface area contributed by atoms with E-state index in [9.17, 15) is 4.79 Å². The number of aromatic carboxylic acids is 1. The maximum absolute atomic E-state index is 11.1. The van der Waals surface area contributed by atoms with Gasteiger partial charge in [-0.1, -0.05) is 0 Å². The van der Waals surface area contributed by atoms with Crippen LogP contribution in [0.3, 0.4) is 0 Å². The Morgan fingerprint density at radius 3 is 2.67 bits per heavy atom. The highest BCUT2D eigenvalue weighted by atomic mass is 16.4.